The molecule has 0 aromatic carbocycles. The van der Waals surface area contributed by atoms with Crippen molar-refractivity contribution in [2.45, 2.75) is 0 Å². The Kier molecular flexibility index (Phi) is 3.88. The first-order valence-electron chi connectivity index (χ1n) is 2.09. The lowest BCUT2D eigenvalue weighted by Crippen LogP contribution is -2.02. The van der Waals surface area contributed by atoms with Crippen LogP contribution in [-0.4, -0.2) is 19.9 Å². The Morgan fingerprint density at radius 1 is 1.88 bits per heavy atom. The molecule has 0 aliphatic carbocycles. The summed E-state index contributed by atoms with van der Waals surface area (Å²) < 4.78 is 8.78. The van der Waals surface area contributed by atoms with Gasteiger partial charge in [-0.2, -0.15) is 0 Å². The number of carbonyl (C=O) groups excluding carboxylic acids is 1. The van der Waals surface area contributed by atoms with Gasteiger partial charge < -0.3 is 9.47 Å². The first kappa shape index (κ1) is 7.17. The molecule has 0 atom stereocenters. The van der Waals surface area contributed by atoms with Gasteiger partial charge in [-0.1, -0.05) is 6.58 Å². The molecule has 0 radical (unpaired) electrons. The zero-order chi connectivity index (χ0) is 6.41. The number of rotatable bonds is 3. The van der Waals surface area contributed by atoms with Gasteiger partial charge in [0, 0.05) is 13.2 Å². The minimum atomic E-state index is -0.466. The SMILES string of the molecule is C=CC(=O)OCOC. The predicted molar refractivity (Wildman–Crippen MR) is 28.2 cm³/mol. The molecule has 8 heavy (non-hydrogen) atoms. The van der Waals surface area contributed by atoms with E-state index in [1.807, 2.05) is 0 Å². The van der Waals surface area contributed by atoms with Crippen molar-refractivity contribution in [2.24, 2.45) is 0 Å². The fraction of sp³-hybridized carbons (Fsp3) is 0.400. The number of hydrogen-bond acceptors (Lipinski definition) is 3. The van der Waals surface area contributed by atoms with Crippen LogP contribution in [0.2, 0.25) is 0 Å². The Morgan fingerprint density at radius 3 is 2.88 bits per heavy atom. The Morgan fingerprint density at radius 2 is 2.50 bits per heavy atom. The predicted octanol–water partition coefficient (Wildman–Crippen LogP) is 0.319. The Labute approximate surface area is 47.9 Å². The number of hydrogen-bond donors (Lipinski definition) is 0. The van der Waals surface area contributed by atoms with Crippen LogP contribution < -0.4 is 0 Å². The highest BCUT2D eigenvalue weighted by molar-refractivity contribution is 5.81. The maximum atomic E-state index is 10.2. The van der Waals surface area contributed by atoms with E-state index in [1.165, 1.54) is 7.11 Å². The van der Waals surface area contributed by atoms with Gasteiger partial charge in [-0.25, -0.2) is 4.79 Å². The molecular weight excluding hydrogens is 108 g/mol. The number of carbonyl (C=O) groups is 1. The molecular formula is C5H8O3. The van der Waals surface area contributed by atoms with Crippen LogP contribution in [0.1, 0.15) is 0 Å². The third kappa shape index (κ3) is 3.36. The summed E-state index contributed by atoms with van der Waals surface area (Å²) in [5.74, 6) is -0.466. The molecule has 0 aliphatic heterocycles. The van der Waals surface area contributed by atoms with E-state index in [1.54, 1.807) is 0 Å². The molecule has 3 nitrogen and oxygen atoms in total. The van der Waals surface area contributed by atoms with E-state index in [0.29, 0.717) is 0 Å². The van der Waals surface area contributed by atoms with Gasteiger partial charge in [0.15, 0.2) is 6.79 Å². The Bertz CT molecular complexity index is 87.7. The number of esters is 1. The number of methoxy groups -OCH3 is 1. The molecule has 0 bridgehead atoms. The molecule has 0 saturated heterocycles. The Hall–Kier alpha value is -0.830. The van der Waals surface area contributed by atoms with Gasteiger partial charge in [-0.3, -0.25) is 0 Å². The van der Waals surface area contributed by atoms with Crippen molar-refractivity contribution >= 4 is 5.97 Å². The molecule has 0 spiro atoms. The Balaban J connectivity index is 3.11. The first-order chi connectivity index (χ1) is 3.81. The van der Waals surface area contributed by atoms with Crippen molar-refractivity contribution in [2.75, 3.05) is 13.9 Å². The second kappa shape index (κ2) is 4.33. The minimum absolute atomic E-state index is 0.00907. The third-order valence-corrected chi connectivity index (χ3v) is 0.486. The van der Waals surface area contributed by atoms with E-state index >= 15 is 0 Å². The highest BCUT2D eigenvalue weighted by atomic mass is 16.7. The summed E-state index contributed by atoms with van der Waals surface area (Å²) in [4.78, 5) is 10.2. The summed E-state index contributed by atoms with van der Waals surface area (Å²) >= 11 is 0. The van der Waals surface area contributed by atoms with Gasteiger partial charge in [0.2, 0.25) is 0 Å². The van der Waals surface area contributed by atoms with E-state index in [9.17, 15) is 4.79 Å². The highest BCUT2D eigenvalue weighted by Gasteiger charge is 1.89. The molecule has 3 heteroatoms. The molecule has 0 N–H and O–H groups in total. The summed E-state index contributed by atoms with van der Waals surface area (Å²) in [5, 5.41) is 0. The van der Waals surface area contributed by atoms with Crippen LogP contribution in [-0.2, 0) is 14.3 Å². The smallest absolute Gasteiger partial charge is 0.332 e. The largest absolute Gasteiger partial charge is 0.435 e. The summed E-state index contributed by atoms with van der Waals surface area (Å²) in [6.45, 7) is 3.17. The maximum absolute atomic E-state index is 10.2. The fourth-order valence-electron chi connectivity index (χ4n) is 0.176. The van der Waals surface area contributed by atoms with Crippen molar-refractivity contribution in [3.63, 3.8) is 0 Å². The van der Waals surface area contributed by atoms with Gasteiger partial charge in [0.05, 0.1) is 0 Å². The topological polar surface area (TPSA) is 35.5 Å². The van der Waals surface area contributed by atoms with Crippen LogP contribution >= 0.6 is 0 Å². The van der Waals surface area contributed by atoms with Gasteiger partial charge in [0.1, 0.15) is 0 Å². The molecule has 46 valence electrons. The quantitative estimate of drug-likeness (QED) is 0.302. The zero-order valence-electron chi connectivity index (χ0n) is 4.72. The van der Waals surface area contributed by atoms with E-state index in [2.05, 4.69) is 16.1 Å². The van der Waals surface area contributed by atoms with Gasteiger partial charge in [-0.05, 0) is 0 Å². The van der Waals surface area contributed by atoms with Crippen LogP contribution in [0.15, 0.2) is 12.7 Å². The van der Waals surface area contributed by atoms with Crippen molar-refractivity contribution in [1.29, 1.82) is 0 Å². The van der Waals surface area contributed by atoms with E-state index in [4.69, 9.17) is 0 Å². The zero-order valence-corrected chi connectivity index (χ0v) is 4.72. The average Bonchev–Trinajstić information content (AvgIpc) is 1.83. The van der Waals surface area contributed by atoms with E-state index < -0.39 is 5.97 Å². The minimum Gasteiger partial charge on any atom is -0.435 e. The second-order valence-electron chi connectivity index (χ2n) is 1.07. The lowest BCUT2D eigenvalue weighted by Gasteiger charge is -1.95. The van der Waals surface area contributed by atoms with Crippen LogP contribution in [0.25, 0.3) is 0 Å². The molecule has 0 aromatic heterocycles. The number of ether oxygens (including phenoxy) is 2. The van der Waals surface area contributed by atoms with Gasteiger partial charge >= 0.3 is 5.97 Å². The lowest BCUT2D eigenvalue weighted by atomic mass is 10.7. The summed E-state index contributed by atoms with van der Waals surface area (Å²) in [6.07, 6.45) is 1.08. The molecule has 0 fully saturated rings. The lowest BCUT2D eigenvalue weighted by molar-refractivity contribution is -0.147. The van der Waals surface area contributed by atoms with Crippen LogP contribution in [0.4, 0.5) is 0 Å². The molecule has 0 unspecified atom stereocenters. The molecule has 0 aromatic rings. The summed E-state index contributed by atoms with van der Waals surface area (Å²) in [6, 6.07) is 0. The van der Waals surface area contributed by atoms with Crippen molar-refractivity contribution in [3.8, 4) is 0 Å². The second-order valence-corrected chi connectivity index (χ2v) is 1.07. The van der Waals surface area contributed by atoms with Gasteiger partial charge in [0.25, 0.3) is 0 Å². The van der Waals surface area contributed by atoms with Crippen LogP contribution in [0, 0.1) is 0 Å². The van der Waals surface area contributed by atoms with Crippen molar-refractivity contribution in [1.82, 2.24) is 0 Å². The monoisotopic (exact) mass is 116 g/mol. The van der Waals surface area contributed by atoms with Crippen LogP contribution in [0.5, 0.6) is 0 Å². The molecule has 0 aliphatic rings. The first-order valence-corrected chi connectivity index (χ1v) is 2.09. The molecule has 0 heterocycles. The maximum Gasteiger partial charge on any atom is 0.332 e. The van der Waals surface area contributed by atoms with Crippen LogP contribution in [0.3, 0.4) is 0 Å². The van der Waals surface area contributed by atoms with Crippen molar-refractivity contribution in [3.05, 3.63) is 12.7 Å². The van der Waals surface area contributed by atoms with Gasteiger partial charge in [-0.15, -0.1) is 0 Å². The molecule has 0 amide bonds. The van der Waals surface area contributed by atoms with E-state index in [0.717, 1.165) is 6.08 Å². The summed E-state index contributed by atoms with van der Waals surface area (Å²) in [5.41, 5.74) is 0. The highest BCUT2D eigenvalue weighted by Crippen LogP contribution is 1.76. The van der Waals surface area contributed by atoms with Crippen molar-refractivity contribution < 1.29 is 14.3 Å². The average molecular weight is 116 g/mol. The normalized spacial score (nSPS) is 8.12. The molecule has 0 saturated carbocycles. The standard InChI is InChI=1S/C5H8O3/c1-3-5(6)8-4-7-2/h3H,1,4H2,2H3. The van der Waals surface area contributed by atoms with E-state index in [-0.39, 0.29) is 6.79 Å². The summed E-state index contributed by atoms with van der Waals surface area (Å²) in [7, 11) is 1.44. The molecule has 0 rings (SSSR count). The fourth-order valence-corrected chi connectivity index (χ4v) is 0.176. The third-order valence-electron chi connectivity index (χ3n) is 0.486.